The quantitative estimate of drug-likeness (QED) is 0.420. The molecule has 4 heterocycles. The zero-order valence-corrected chi connectivity index (χ0v) is 20.1. The van der Waals surface area contributed by atoms with Crippen LogP contribution in [0.15, 0.2) is 65.5 Å². The van der Waals surface area contributed by atoms with Crippen LogP contribution in [0, 0.1) is 6.92 Å². The summed E-state index contributed by atoms with van der Waals surface area (Å²) >= 11 is 0. The van der Waals surface area contributed by atoms with Gasteiger partial charge in [-0.3, -0.25) is 0 Å². The first-order chi connectivity index (χ1) is 17.0. The minimum absolute atomic E-state index is 0.0269. The van der Waals surface area contributed by atoms with E-state index in [1.807, 2.05) is 6.92 Å². The molecule has 0 saturated heterocycles. The van der Waals surface area contributed by atoms with Gasteiger partial charge in [-0.05, 0) is 45.0 Å². The summed E-state index contributed by atoms with van der Waals surface area (Å²) < 4.78 is 69.8. The summed E-state index contributed by atoms with van der Waals surface area (Å²) in [5, 5.41) is 0.194. The molecule has 186 valence electrons. The summed E-state index contributed by atoms with van der Waals surface area (Å²) in [7, 11) is -4.21. The molecule has 8 nitrogen and oxygen atoms in total. The van der Waals surface area contributed by atoms with E-state index in [9.17, 15) is 21.6 Å². The number of fused-ring (bicyclic) bond motifs is 1. The molecule has 1 aliphatic rings. The molecule has 1 atom stereocenters. The summed E-state index contributed by atoms with van der Waals surface area (Å²) in [6.45, 7) is 5.05. The smallest absolute Gasteiger partial charge is 0.412 e. The van der Waals surface area contributed by atoms with Gasteiger partial charge >= 0.3 is 6.18 Å². The molecule has 0 saturated carbocycles. The Balaban J connectivity index is 1.85. The molecular weight excluding hydrogens is 495 g/mol. The average molecular weight is 516 g/mol. The van der Waals surface area contributed by atoms with Gasteiger partial charge in [-0.2, -0.15) is 13.2 Å². The summed E-state index contributed by atoms with van der Waals surface area (Å²) in [5.74, 6) is 0.669. The Morgan fingerprint density at radius 2 is 1.78 bits per heavy atom. The van der Waals surface area contributed by atoms with Gasteiger partial charge in [0.1, 0.15) is 17.1 Å². The lowest BCUT2D eigenvalue weighted by Crippen LogP contribution is -2.19. The van der Waals surface area contributed by atoms with Gasteiger partial charge in [-0.15, -0.1) is 5.48 Å². The lowest BCUT2D eigenvalue weighted by molar-refractivity contribution is -0.137. The lowest BCUT2D eigenvalue weighted by atomic mass is 10.0. The first kappa shape index (κ1) is 23.9. The fraction of sp³-hybridized carbons (Fsp3) is 0.208. The molecule has 1 aromatic carbocycles. The van der Waals surface area contributed by atoms with Gasteiger partial charge in [-0.1, -0.05) is 18.2 Å². The zero-order valence-electron chi connectivity index (χ0n) is 19.3. The Morgan fingerprint density at radius 1 is 1.06 bits per heavy atom. The van der Waals surface area contributed by atoms with E-state index in [2.05, 4.69) is 20.4 Å². The van der Waals surface area contributed by atoms with Crippen molar-refractivity contribution < 1.29 is 26.4 Å². The lowest BCUT2D eigenvalue weighted by Gasteiger charge is -2.11. The Hall–Kier alpha value is -3.77. The number of rotatable bonds is 4. The van der Waals surface area contributed by atoms with E-state index in [4.69, 9.17) is 4.84 Å². The van der Waals surface area contributed by atoms with E-state index in [0.717, 1.165) is 10.2 Å². The van der Waals surface area contributed by atoms with Gasteiger partial charge in [0.05, 0.1) is 22.3 Å². The Labute approximate surface area is 204 Å². The Kier molecular flexibility index (Phi) is 5.60. The number of benzene rings is 1. The molecule has 1 N–H and O–H groups in total. The summed E-state index contributed by atoms with van der Waals surface area (Å²) in [6, 6.07) is 10.5. The van der Waals surface area contributed by atoms with Crippen molar-refractivity contribution >= 4 is 26.6 Å². The third kappa shape index (κ3) is 3.91. The third-order valence-corrected chi connectivity index (χ3v) is 7.53. The third-order valence-electron chi connectivity index (χ3n) is 5.87. The number of hydroxylamine groups is 1. The topological polar surface area (TPSA) is 99.0 Å². The highest BCUT2D eigenvalue weighted by Gasteiger charge is 2.37. The van der Waals surface area contributed by atoms with Crippen molar-refractivity contribution in [2.75, 3.05) is 0 Å². The number of hydrogen-bond donors (Lipinski definition) is 1. The van der Waals surface area contributed by atoms with Crippen molar-refractivity contribution in [1.82, 2.24) is 24.4 Å². The number of aryl methyl sites for hydroxylation is 1. The van der Waals surface area contributed by atoms with Crippen LogP contribution in [0.3, 0.4) is 0 Å². The molecule has 0 spiro atoms. The predicted octanol–water partition coefficient (Wildman–Crippen LogP) is 4.71. The maximum Gasteiger partial charge on any atom is 0.419 e. The number of hydrogen-bond acceptors (Lipinski definition) is 7. The van der Waals surface area contributed by atoms with E-state index in [-0.39, 0.29) is 33.4 Å². The van der Waals surface area contributed by atoms with E-state index in [1.54, 1.807) is 37.3 Å². The molecule has 3 aromatic heterocycles. The number of halogens is 3. The number of aromatic nitrogens is 4. The van der Waals surface area contributed by atoms with Crippen LogP contribution in [0.2, 0.25) is 0 Å². The van der Waals surface area contributed by atoms with Crippen molar-refractivity contribution in [3.63, 3.8) is 0 Å². The Morgan fingerprint density at radius 3 is 2.42 bits per heavy atom. The van der Waals surface area contributed by atoms with E-state index in [1.165, 1.54) is 19.1 Å². The van der Waals surface area contributed by atoms with Crippen molar-refractivity contribution in [1.29, 1.82) is 0 Å². The molecule has 0 fully saturated rings. The van der Waals surface area contributed by atoms with Crippen LogP contribution >= 0.6 is 0 Å². The van der Waals surface area contributed by atoms with Gasteiger partial charge in [0, 0.05) is 28.9 Å². The van der Waals surface area contributed by atoms with Crippen LogP contribution in [-0.2, 0) is 21.0 Å². The van der Waals surface area contributed by atoms with Crippen molar-refractivity contribution in [3.8, 4) is 11.3 Å². The standard InChI is InChI=1S/C24H20F3N5O3S/c1-13-21(14(2)35-31-13)20-10-9-17-18(22-19(24(25,26)27)11-28-15(3)29-22)12-32(23(17)30-20)36(33,34)16-7-5-4-6-8-16/h4-13,31H,1-3H3. The summed E-state index contributed by atoms with van der Waals surface area (Å²) in [5.41, 5.74) is 2.40. The molecule has 1 aliphatic heterocycles. The first-order valence-electron chi connectivity index (χ1n) is 10.9. The van der Waals surface area contributed by atoms with Gasteiger partial charge in [0.15, 0.2) is 5.65 Å². The SMILES string of the molecule is CC1=C(c2ccc3c(-c4nc(C)ncc4C(F)(F)F)cn(S(=O)(=O)c4ccccc4)c3n2)C(C)NO1. The average Bonchev–Trinajstić information content (AvgIpc) is 3.38. The normalized spacial score (nSPS) is 16.6. The molecule has 0 radical (unpaired) electrons. The van der Waals surface area contributed by atoms with Crippen LogP contribution in [0.4, 0.5) is 13.2 Å². The fourth-order valence-corrected chi connectivity index (χ4v) is 5.52. The van der Waals surface area contributed by atoms with Gasteiger partial charge in [0.25, 0.3) is 10.0 Å². The van der Waals surface area contributed by atoms with Crippen molar-refractivity contribution in [3.05, 3.63) is 77.7 Å². The molecular formula is C24H20F3N5O3S. The zero-order chi connectivity index (χ0) is 25.8. The molecule has 0 aliphatic carbocycles. The predicted molar refractivity (Wildman–Crippen MR) is 126 cm³/mol. The number of pyridine rings is 1. The fourth-order valence-electron chi connectivity index (χ4n) is 4.18. The number of nitrogens with zero attached hydrogens (tertiary/aromatic N) is 4. The van der Waals surface area contributed by atoms with E-state index in [0.29, 0.717) is 23.2 Å². The number of allylic oxidation sites excluding steroid dienone is 1. The van der Waals surface area contributed by atoms with Crippen molar-refractivity contribution in [2.45, 2.75) is 37.9 Å². The van der Waals surface area contributed by atoms with Gasteiger partial charge in [0.2, 0.25) is 0 Å². The van der Waals surface area contributed by atoms with Crippen molar-refractivity contribution in [2.24, 2.45) is 0 Å². The van der Waals surface area contributed by atoms with Crippen LogP contribution < -0.4 is 5.48 Å². The monoisotopic (exact) mass is 515 g/mol. The molecule has 5 rings (SSSR count). The summed E-state index contributed by atoms with van der Waals surface area (Å²) in [4.78, 5) is 17.7. The molecule has 1 unspecified atom stereocenters. The minimum atomic E-state index is -4.76. The summed E-state index contributed by atoms with van der Waals surface area (Å²) in [6.07, 6.45) is -2.92. The van der Waals surface area contributed by atoms with Crippen LogP contribution in [0.1, 0.15) is 30.9 Å². The largest absolute Gasteiger partial charge is 0.419 e. The second-order valence-electron chi connectivity index (χ2n) is 8.31. The number of nitrogens with one attached hydrogen (secondary N) is 1. The van der Waals surface area contributed by atoms with Gasteiger partial charge < -0.3 is 4.84 Å². The van der Waals surface area contributed by atoms with Crippen LogP contribution in [0.25, 0.3) is 27.9 Å². The van der Waals surface area contributed by atoms with E-state index < -0.39 is 27.5 Å². The molecule has 0 amide bonds. The first-order valence-corrected chi connectivity index (χ1v) is 12.3. The highest BCUT2D eigenvalue weighted by molar-refractivity contribution is 7.90. The maximum atomic E-state index is 13.9. The molecule has 36 heavy (non-hydrogen) atoms. The molecule has 12 heteroatoms. The highest BCUT2D eigenvalue weighted by Crippen LogP contribution is 2.40. The highest BCUT2D eigenvalue weighted by atomic mass is 32.2. The van der Waals surface area contributed by atoms with E-state index >= 15 is 0 Å². The molecule has 0 bridgehead atoms. The second kappa shape index (κ2) is 8.42. The minimum Gasteiger partial charge on any atom is -0.412 e. The molecule has 4 aromatic rings. The maximum absolute atomic E-state index is 13.9. The van der Waals surface area contributed by atoms with Gasteiger partial charge in [-0.25, -0.2) is 27.3 Å². The van der Waals surface area contributed by atoms with Crippen LogP contribution in [-0.4, -0.2) is 33.4 Å². The number of alkyl halides is 3. The second-order valence-corrected chi connectivity index (χ2v) is 10.1. The Bertz CT molecular complexity index is 1630. The van der Waals surface area contributed by atoms with Crippen LogP contribution in [0.5, 0.6) is 0 Å².